The first-order valence-corrected chi connectivity index (χ1v) is 13.2. The first-order chi connectivity index (χ1) is 17.9. The van der Waals surface area contributed by atoms with E-state index in [4.69, 9.17) is 33.0 Å². The summed E-state index contributed by atoms with van der Waals surface area (Å²) in [4.78, 5) is 13.7. The minimum Gasteiger partial charge on any atom is -0.496 e. The van der Waals surface area contributed by atoms with Crippen LogP contribution in [0.15, 0.2) is 36.4 Å². The molecule has 0 spiro atoms. The Bertz CT molecular complexity index is 1200. The van der Waals surface area contributed by atoms with Gasteiger partial charge in [0, 0.05) is 39.7 Å². The second-order valence-corrected chi connectivity index (χ2v) is 11.7. The normalized spacial score (nSPS) is 24.1. The number of amides is 1. The zero-order valence-corrected chi connectivity index (χ0v) is 23.4. The lowest BCUT2D eigenvalue weighted by Gasteiger charge is -2.37. The Morgan fingerprint density at radius 2 is 1.92 bits per heavy atom. The number of rotatable bonds is 9. The molecule has 1 aliphatic heterocycles. The molecule has 4 N–H and O–H groups in total. The van der Waals surface area contributed by atoms with Crippen molar-refractivity contribution in [2.75, 3.05) is 20.3 Å². The van der Waals surface area contributed by atoms with Crippen molar-refractivity contribution in [2.24, 2.45) is 5.41 Å². The molecule has 0 unspecified atom stereocenters. The fourth-order valence-corrected chi connectivity index (χ4v) is 5.65. The molecule has 0 bridgehead atoms. The number of nitrogens with zero attached hydrogens (tertiary/aromatic N) is 1. The van der Waals surface area contributed by atoms with E-state index in [0.717, 1.165) is 0 Å². The fourth-order valence-electron chi connectivity index (χ4n) is 5.31. The van der Waals surface area contributed by atoms with Crippen molar-refractivity contribution < 1.29 is 24.1 Å². The topological polar surface area (TPSA) is 115 Å². The molecule has 0 aromatic heterocycles. The molecule has 2 aromatic carbocycles. The van der Waals surface area contributed by atoms with Crippen molar-refractivity contribution in [1.29, 1.82) is 5.26 Å². The molecule has 1 heterocycles. The summed E-state index contributed by atoms with van der Waals surface area (Å²) in [7, 11) is 1.48. The van der Waals surface area contributed by atoms with Gasteiger partial charge in [0.05, 0.1) is 31.9 Å². The van der Waals surface area contributed by atoms with Crippen molar-refractivity contribution in [3.05, 3.63) is 63.4 Å². The SMILES string of the molecule is COc1ccc(Cl)cc1[C@H]1[C@H](C(=O)NCC[C@H](O)CO)N[C@@H](CC(C)(C)C)[C@]1(C#N)c1ccc(Cl)cc1F. The summed E-state index contributed by atoms with van der Waals surface area (Å²) >= 11 is 12.5. The number of benzene rings is 2. The Morgan fingerprint density at radius 1 is 1.26 bits per heavy atom. The predicted molar refractivity (Wildman–Crippen MR) is 145 cm³/mol. The Labute approximate surface area is 232 Å². The van der Waals surface area contributed by atoms with Crippen molar-refractivity contribution in [2.45, 2.75) is 63.1 Å². The van der Waals surface area contributed by atoms with E-state index in [1.54, 1.807) is 18.2 Å². The van der Waals surface area contributed by atoms with Crippen LogP contribution < -0.4 is 15.4 Å². The van der Waals surface area contributed by atoms with E-state index in [-0.39, 0.29) is 29.0 Å². The first-order valence-electron chi connectivity index (χ1n) is 12.4. The highest BCUT2D eigenvalue weighted by Crippen LogP contribution is 2.53. The van der Waals surface area contributed by atoms with E-state index >= 15 is 4.39 Å². The Morgan fingerprint density at radius 3 is 2.50 bits per heavy atom. The van der Waals surface area contributed by atoms with Crippen molar-refractivity contribution in [3.63, 3.8) is 0 Å². The van der Waals surface area contributed by atoms with Crippen LogP contribution in [0.3, 0.4) is 0 Å². The quantitative estimate of drug-likeness (QED) is 0.360. The third kappa shape index (κ3) is 6.24. The zero-order chi connectivity index (χ0) is 28.3. The minimum atomic E-state index is -1.55. The van der Waals surface area contributed by atoms with Gasteiger partial charge in [-0.2, -0.15) is 5.26 Å². The average molecular weight is 567 g/mol. The van der Waals surface area contributed by atoms with Gasteiger partial charge in [0.2, 0.25) is 5.91 Å². The summed E-state index contributed by atoms with van der Waals surface area (Å²) in [6.45, 7) is 5.69. The highest BCUT2D eigenvalue weighted by atomic mass is 35.5. The number of carbonyl (C=O) groups is 1. The largest absolute Gasteiger partial charge is 0.496 e. The summed E-state index contributed by atoms with van der Waals surface area (Å²) in [5, 5.41) is 36.5. The van der Waals surface area contributed by atoms with E-state index < -0.39 is 47.9 Å². The van der Waals surface area contributed by atoms with Gasteiger partial charge in [0.1, 0.15) is 17.0 Å². The number of aliphatic hydroxyl groups is 2. The molecule has 1 saturated heterocycles. The molecule has 1 fully saturated rings. The van der Waals surface area contributed by atoms with Crippen LogP contribution in [0, 0.1) is 22.6 Å². The Hall–Kier alpha value is -2.41. The number of nitriles is 1. The van der Waals surface area contributed by atoms with Crippen LogP contribution in [0.25, 0.3) is 0 Å². The van der Waals surface area contributed by atoms with Crippen LogP contribution in [0.2, 0.25) is 10.0 Å². The van der Waals surface area contributed by atoms with Gasteiger partial charge >= 0.3 is 0 Å². The second kappa shape index (κ2) is 12.2. The summed E-state index contributed by atoms with van der Waals surface area (Å²) in [6, 6.07) is 9.93. The van der Waals surface area contributed by atoms with Gasteiger partial charge in [-0.05, 0) is 48.6 Å². The first kappa shape index (κ1) is 30.1. The maximum absolute atomic E-state index is 15.7. The highest BCUT2D eigenvalue weighted by molar-refractivity contribution is 6.31. The van der Waals surface area contributed by atoms with Gasteiger partial charge in [0.15, 0.2) is 0 Å². The highest BCUT2D eigenvalue weighted by Gasteiger charge is 2.61. The number of nitrogens with one attached hydrogen (secondary N) is 2. The smallest absolute Gasteiger partial charge is 0.237 e. The molecular formula is C28H34Cl2FN3O4. The summed E-state index contributed by atoms with van der Waals surface area (Å²) in [5.74, 6) is -1.60. The van der Waals surface area contributed by atoms with Crippen LogP contribution in [-0.2, 0) is 10.2 Å². The molecule has 1 aliphatic rings. The van der Waals surface area contributed by atoms with Crippen LogP contribution in [0.4, 0.5) is 4.39 Å². The number of methoxy groups -OCH3 is 1. The molecule has 10 heteroatoms. The average Bonchev–Trinajstić information content (AvgIpc) is 3.16. The number of aliphatic hydroxyl groups excluding tert-OH is 2. The molecule has 2 aromatic rings. The molecule has 3 rings (SSSR count). The summed E-state index contributed by atoms with van der Waals surface area (Å²) in [6.07, 6.45) is -0.402. The van der Waals surface area contributed by atoms with Crippen LogP contribution in [-0.4, -0.2) is 54.6 Å². The van der Waals surface area contributed by atoms with Crippen molar-refractivity contribution >= 4 is 29.1 Å². The van der Waals surface area contributed by atoms with Crippen LogP contribution >= 0.6 is 23.2 Å². The summed E-state index contributed by atoms with van der Waals surface area (Å²) < 4.78 is 21.3. The molecule has 38 heavy (non-hydrogen) atoms. The van der Waals surface area contributed by atoms with Crippen LogP contribution in [0.5, 0.6) is 5.75 Å². The van der Waals surface area contributed by atoms with Gasteiger partial charge in [-0.1, -0.05) is 50.0 Å². The lowest BCUT2D eigenvalue weighted by Crippen LogP contribution is -2.46. The predicted octanol–water partition coefficient (Wildman–Crippen LogP) is 4.32. The molecule has 0 saturated carbocycles. The molecule has 5 atom stereocenters. The van der Waals surface area contributed by atoms with Gasteiger partial charge in [0.25, 0.3) is 0 Å². The number of hydrogen-bond donors (Lipinski definition) is 4. The number of hydrogen-bond acceptors (Lipinski definition) is 6. The van der Waals surface area contributed by atoms with Crippen molar-refractivity contribution in [3.8, 4) is 11.8 Å². The van der Waals surface area contributed by atoms with E-state index in [0.29, 0.717) is 22.8 Å². The number of ether oxygens (including phenoxy) is 1. The second-order valence-electron chi connectivity index (χ2n) is 10.8. The molecular weight excluding hydrogens is 532 g/mol. The molecule has 0 radical (unpaired) electrons. The lowest BCUT2D eigenvalue weighted by molar-refractivity contribution is -0.123. The maximum atomic E-state index is 15.7. The monoisotopic (exact) mass is 565 g/mol. The summed E-state index contributed by atoms with van der Waals surface area (Å²) in [5.41, 5.74) is -1.24. The molecule has 1 amide bonds. The number of carbonyl (C=O) groups excluding carboxylic acids is 1. The maximum Gasteiger partial charge on any atom is 0.237 e. The lowest BCUT2D eigenvalue weighted by atomic mass is 9.62. The van der Waals surface area contributed by atoms with E-state index in [1.807, 2.05) is 20.8 Å². The van der Waals surface area contributed by atoms with Gasteiger partial charge in [-0.3, -0.25) is 4.79 Å². The molecule has 7 nitrogen and oxygen atoms in total. The minimum absolute atomic E-state index is 0.0942. The fraction of sp³-hybridized carbons (Fsp3) is 0.500. The standard InChI is InChI=1S/C28H34Cl2FN3O4/c1-27(2,3)13-23-28(15-32,20-7-5-17(30)12-21(20)31)24(19-11-16(29)6-8-22(19)38-4)25(34-23)26(37)33-10-9-18(36)14-35/h5-8,11-12,18,23-25,34-36H,9-10,13-14H2,1-4H3,(H,33,37)/t18-,23-,24-,25+,28-/m0/s1. The third-order valence-electron chi connectivity index (χ3n) is 6.93. The Kier molecular flexibility index (Phi) is 9.66. The number of halogens is 3. The third-order valence-corrected chi connectivity index (χ3v) is 7.40. The molecule has 0 aliphatic carbocycles. The van der Waals surface area contributed by atoms with E-state index in [9.17, 15) is 15.2 Å². The van der Waals surface area contributed by atoms with Gasteiger partial charge in [-0.25, -0.2) is 4.39 Å². The van der Waals surface area contributed by atoms with Crippen LogP contribution in [0.1, 0.15) is 50.7 Å². The van der Waals surface area contributed by atoms with Gasteiger partial charge < -0.3 is 25.6 Å². The van der Waals surface area contributed by atoms with E-state index in [2.05, 4.69) is 16.7 Å². The molecule has 206 valence electrons. The van der Waals surface area contributed by atoms with E-state index in [1.165, 1.54) is 25.3 Å². The van der Waals surface area contributed by atoms with Gasteiger partial charge in [-0.15, -0.1) is 0 Å². The van der Waals surface area contributed by atoms with Crippen molar-refractivity contribution in [1.82, 2.24) is 10.6 Å². The zero-order valence-electron chi connectivity index (χ0n) is 21.9. The Balaban J connectivity index is 2.27.